The zero-order chi connectivity index (χ0) is 17.6. The number of carbonyl (C=O) groups excluding carboxylic acids is 1. The molecule has 0 aliphatic heterocycles. The fraction of sp³-hybridized carbons (Fsp3) is 0.100. The number of hydrogen-bond acceptors (Lipinski definition) is 3. The standard InChI is InChI=1S/C20H18ClN3O/c1-14-4-2-3-5-16(14)12-22-19-11-10-18(13-23-19)24-20(25)15-6-8-17(21)9-7-15/h2-11,13H,12H2,1H3,(H,22,23)(H,24,25). The molecule has 25 heavy (non-hydrogen) atoms. The second-order valence-electron chi connectivity index (χ2n) is 5.67. The molecule has 0 atom stereocenters. The molecule has 3 rings (SSSR count). The van der Waals surface area contributed by atoms with Crippen molar-refractivity contribution in [2.24, 2.45) is 0 Å². The Morgan fingerprint density at radius 3 is 2.48 bits per heavy atom. The van der Waals surface area contributed by atoms with Crippen molar-refractivity contribution in [1.29, 1.82) is 0 Å². The van der Waals surface area contributed by atoms with E-state index >= 15 is 0 Å². The third-order valence-corrected chi connectivity index (χ3v) is 4.10. The number of nitrogens with zero attached hydrogens (tertiary/aromatic N) is 1. The monoisotopic (exact) mass is 351 g/mol. The van der Waals surface area contributed by atoms with Crippen molar-refractivity contribution < 1.29 is 4.79 Å². The normalized spacial score (nSPS) is 10.3. The summed E-state index contributed by atoms with van der Waals surface area (Å²) in [7, 11) is 0. The fourth-order valence-electron chi connectivity index (χ4n) is 2.37. The van der Waals surface area contributed by atoms with Crippen LogP contribution in [0.2, 0.25) is 5.02 Å². The van der Waals surface area contributed by atoms with Gasteiger partial charge in [0.15, 0.2) is 0 Å². The number of pyridine rings is 1. The molecule has 5 heteroatoms. The number of nitrogens with one attached hydrogen (secondary N) is 2. The van der Waals surface area contributed by atoms with Crippen LogP contribution < -0.4 is 10.6 Å². The van der Waals surface area contributed by atoms with E-state index in [1.165, 1.54) is 11.1 Å². The van der Waals surface area contributed by atoms with Crippen molar-refractivity contribution >= 4 is 29.0 Å². The summed E-state index contributed by atoms with van der Waals surface area (Å²) in [6, 6.07) is 18.6. The van der Waals surface area contributed by atoms with Gasteiger partial charge >= 0.3 is 0 Å². The van der Waals surface area contributed by atoms with E-state index in [-0.39, 0.29) is 5.91 Å². The van der Waals surface area contributed by atoms with E-state index in [2.05, 4.69) is 34.7 Å². The van der Waals surface area contributed by atoms with Crippen LogP contribution in [-0.4, -0.2) is 10.9 Å². The molecule has 0 aliphatic rings. The summed E-state index contributed by atoms with van der Waals surface area (Å²) in [5.74, 6) is 0.562. The number of hydrogen-bond donors (Lipinski definition) is 2. The average molecular weight is 352 g/mol. The van der Waals surface area contributed by atoms with Gasteiger partial charge < -0.3 is 10.6 Å². The minimum atomic E-state index is -0.195. The Morgan fingerprint density at radius 1 is 1.04 bits per heavy atom. The molecule has 0 unspecified atom stereocenters. The van der Waals surface area contributed by atoms with E-state index in [4.69, 9.17) is 11.6 Å². The van der Waals surface area contributed by atoms with Crippen molar-refractivity contribution in [3.8, 4) is 0 Å². The summed E-state index contributed by atoms with van der Waals surface area (Å²) in [6.07, 6.45) is 1.63. The summed E-state index contributed by atoms with van der Waals surface area (Å²) in [5, 5.41) is 6.70. The Morgan fingerprint density at radius 2 is 1.80 bits per heavy atom. The number of carbonyl (C=O) groups is 1. The van der Waals surface area contributed by atoms with Crippen LogP contribution in [0.4, 0.5) is 11.5 Å². The molecule has 4 nitrogen and oxygen atoms in total. The van der Waals surface area contributed by atoms with Gasteiger partial charge in [-0.3, -0.25) is 4.79 Å². The minimum absolute atomic E-state index is 0.195. The van der Waals surface area contributed by atoms with Crippen LogP contribution in [0.5, 0.6) is 0 Å². The number of benzene rings is 2. The first-order valence-electron chi connectivity index (χ1n) is 7.93. The molecule has 0 bridgehead atoms. The molecule has 1 amide bonds. The third kappa shape index (κ3) is 4.58. The second-order valence-corrected chi connectivity index (χ2v) is 6.11. The lowest BCUT2D eigenvalue weighted by Gasteiger charge is -2.09. The molecule has 0 saturated carbocycles. The maximum Gasteiger partial charge on any atom is 0.255 e. The summed E-state index contributed by atoms with van der Waals surface area (Å²) in [5.41, 5.74) is 3.65. The van der Waals surface area contributed by atoms with Gasteiger partial charge in [-0.05, 0) is 54.4 Å². The van der Waals surface area contributed by atoms with Crippen LogP contribution in [0, 0.1) is 6.92 Å². The first-order valence-corrected chi connectivity index (χ1v) is 8.31. The van der Waals surface area contributed by atoms with Crippen LogP contribution in [0.1, 0.15) is 21.5 Å². The van der Waals surface area contributed by atoms with Gasteiger partial charge in [-0.2, -0.15) is 0 Å². The number of rotatable bonds is 5. The quantitative estimate of drug-likeness (QED) is 0.686. The Labute approximate surface area is 151 Å². The molecule has 3 aromatic rings. The van der Waals surface area contributed by atoms with Gasteiger partial charge in [0.1, 0.15) is 5.82 Å². The molecule has 1 aromatic heterocycles. The Hall–Kier alpha value is -2.85. The predicted molar refractivity (Wildman–Crippen MR) is 102 cm³/mol. The lowest BCUT2D eigenvalue weighted by Crippen LogP contribution is -2.12. The van der Waals surface area contributed by atoms with Gasteiger partial charge in [-0.25, -0.2) is 4.98 Å². The van der Waals surface area contributed by atoms with E-state index in [9.17, 15) is 4.79 Å². The van der Waals surface area contributed by atoms with Gasteiger partial charge in [-0.1, -0.05) is 35.9 Å². The van der Waals surface area contributed by atoms with E-state index in [0.29, 0.717) is 22.8 Å². The molecular weight excluding hydrogens is 334 g/mol. The summed E-state index contributed by atoms with van der Waals surface area (Å²) >= 11 is 5.83. The van der Waals surface area contributed by atoms with Gasteiger partial charge in [0, 0.05) is 17.1 Å². The zero-order valence-electron chi connectivity index (χ0n) is 13.8. The van der Waals surface area contributed by atoms with Crippen LogP contribution in [0.25, 0.3) is 0 Å². The first kappa shape index (κ1) is 17.0. The molecule has 2 aromatic carbocycles. The molecule has 0 spiro atoms. The van der Waals surface area contributed by atoms with Gasteiger partial charge in [-0.15, -0.1) is 0 Å². The highest BCUT2D eigenvalue weighted by Crippen LogP contribution is 2.15. The van der Waals surface area contributed by atoms with Gasteiger partial charge in [0.25, 0.3) is 5.91 Å². The van der Waals surface area contributed by atoms with Crippen molar-refractivity contribution in [2.75, 3.05) is 10.6 Å². The maximum atomic E-state index is 12.2. The highest BCUT2D eigenvalue weighted by molar-refractivity contribution is 6.30. The van der Waals surface area contributed by atoms with Crippen molar-refractivity contribution in [2.45, 2.75) is 13.5 Å². The maximum absolute atomic E-state index is 12.2. The number of anilines is 2. The molecule has 0 radical (unpaired) electrons. The van der Waals surface area contributed by atoms with E-state index < -0.39 is 0 Å². The van der Waals surface area contributed by atoms with Crippen LogP contribution in [-0.2, 0) is 6.54 Å². The molecule has 1 heterocycles. The summed E-state index contributed by atoms with van der Waals surface area (Å²) in [4.78, 5) is 16.5. The molecular formula is C20H18ClN3O. The van der Waals surface area contributed by atoms with E-state index in [0.717, 1.165) is 5.82 Å². The van der Waals surface area contributed by atoms with Crippen molar-refractivity contribution in [3.63, 3.8) is 0 Å². The molecule has 0 aliphatic carbocycles. The minimum Gasteiger partial charge on any atom is -0.366 e. The third-order valence-electron chi connectivity index (χ3n) is 3.85. The van der Waals surface area contributed by atoms with E-state index in [1.54, 1.807) is 30.5 Å². The summed E-state index contributed by atoms with van der Waals surface area (Å²) in [6.45, 7) is 2.79. The second kappa shape index (κ2) is 7.81. The first-order chi connectivity index (χ1) is 12.1. The number of aryl methyl sites for hydroxylation is 1. The predicted octanol–water partition coefficient (Wildman–Crippen LogP) is 4.91. The number of amides is 1. The zero-order valence-corrected chi connectivity index (χ0v) is 14.5. The average Bonchev–Trinajstić information content (AvgIpc) is 2.63. The number of halogens is 1. The molecule has 2 N–H and O–H groups in total. The lowest BCUT2D eigenvalue weighted by molar-refractivity contribution is 0.102. The topological polar surface area (TPSA) is 54.0 Å². The fourth-order valence-corrected chi connectivity index (χ4v) is 2.50. The van der Waals surface area contributed by atoms with Crippen molar-refractivity contribution in [1.82, 2.24) is 4.98 Å². The SMILES string of the molecule is Cc1ccccc1CNc1ccc(NC(=O)c2ccc(Cl)cc2)cn1. The van der Waals surface area contributed by atoms with Crippen LogP contribution >= 0.6 is 11.6 Å². The summed E-state index contributed by atoms with van der Waals surface area (Å²) < 4.78 is 0. The van der Waals surface area contributed by atoms with Gasteiger partial charge in [0.2, 0.25) is 0 Å². The number of aromatic nitrogens is 1. The Balaban J connectivity index is 1.59. The highest BCUT2D eigenvalue weighted by atomic mass is 35.5. The molecule has 0 fully saturated rings. The molecule has 0 saturated heterocycles. The van der Waals surface area contributed by atoms with E-state index in [1.807, 2.05) is 24.3 Å². The van der Waals surface area contributed by atoms with Crippen LogP contribution in [0.3, 0.4) is 0 Å². The van der Waals surface area contributed by atoms with Gasteiger partial charge in [0.05, 0.1) is 11.9 Å². The Kier molecular flexibility index (Phi) is 5.31. The lowest BCUT2D eigenvalue weighted by atomic mass is 10.1. The highest BCUT2D eigenvalue weighted by Gasteiger charge is 2.06. The van der Waals surface area contributed by atoms with Crippen molar-refractivity contribution in [3.05, 3.63) is 88.6 Å². The Bertz CT molecular complexity index is 861. The largest absolute Gasteiger partial charge is 0.366 e. The van der Waals surface area contributed by atoms with Crippen LogP contribution in [0.15, 0.2) is 66.9 Å². The molecule has 126 valence electrons. The smallest absolute Gasteiger partial charge is 0.255 e.